The molecule has 19 heavy (non-hydrogen) atoms. The van der Waals surface area contributed by atoms with Gasteiger partial charge in [0.25, 0.3) is 0 Å². The molecule has 2 aliphatic heterocycles. The molecule has 2 unspecified atom stereocenters. The maximum Gasteiger partial charge on any atom is 0.110 e. The fraction of sp³-hybridized carbons (Fsp3) is 0.571. The molecule has 2 fully saturated rings. The third kappa shape index (κ3) is 2.12. The Kier molecular flexibility index (Phi) is 3.02. The summed E-state index contributed by atoms with van der Waals surface area (Å²) in [6, 6.07) is 5.98. The van der Waals surface area contributed by atoms with Crippen LogP contribution in [0.3, 0.4) is 0 Å². The van der Waals surface area contributed by atoms with Crippen LogP contribution in [-0.2, 0) is 10.3 Å². The molecule has 2 aliphatic rings. The first kappa shape index (κ1) is 12.5. The Hall–Kier alpha value is -1.48. The van der Waals surface area contributed by atoms with Crippen LogP contribution >= 0.6 is 0 Å². The van der Waals surface area contributed by atoms with E-state index < -0.39 is 5.60 Å². The minimum atomic E-state index is -0.903. The van der Waals surface area contributed by atoms with Crippen molar-refractivity contribution in [1.82, 2.24) is 9.88 Å². The molecule has 1 N–H and O–H groups in total. The van der Waals surface area contributed by atoms with Crippen LogP contribution in [-0.4, -0.2) is 47.3 Å². The predicted octanol–water partition coefficient (Wildman–Crippen LogP) is 0.634. The quantitative estimate of drug-likeness (QED) is 0.801. The molecule has 2 saturated heterocycles. The Morgan fingerprint density at radius 3 is 2.63 bits per heavy atom. The number of morpholine rings is 1. The lowest BCUT2D eigenvalue weighted by Gasteiger charge is -2.49. The van der Waals surface area contributed by atoms with E-state index in [0.29, 0.717) is 37.3 Å². The van der Waals surface area contributed by atoms with Crippen LogP contribution in [0, 0.1) is 11.3 Å². The lowest BCUT2D eigenvalue weighted by Crippen LogP contribution is -2.59. The van der Waals surface area contributed by atoms with Crippen molar-refractivity contribution in [2.75, 3.05) is 20.3 Å². The van der Waals surface area contributed by atoms with Crippen molar-refractivity contribution in [3.05, 3.63) is 29.6 Å². The monoisotopic (exact) mass is 259 g/mol. The Labute approximate surface area is 112 Å². The first-order valence-electron chi connectivity index (χ1n) is 6.51. The van der Waals surface area contributed by atoms with Crippen molar-refractivity contribution >= 4 is 0 Å². The van der Waals surface area contributed by atoms with Crippen LogP contribution in [0.2, 0.25) is 0 Å². The summed E-state index contributed by atoms with van der Waals surface area (Å²) in [6.07, 6.45) is 2.77. The minimum absolute atomic E-state index is 0.231. The average molecular weight is 259 g/mol. The van der Waals surface area contributed by atoms with Crippen molar-refractivity contribution in [3.8, 4) is 6.07 Å². The maximum absolute atomic E-state index is 10.9. The second kappa shape index (κ2) is 4.57. The smallest absolute Gasteiger partial charge is 0.110 e. The number of fused-ring (bicyclic) bond motifs is 2. The van der Waals surface area contributed by atoms with Gasteiger partial charge in [0.2, 0.25) is 0 Å². The van der Waals surface area contributed by atoms with Gasteiger partial charge in [-0.05, 0) is 32.0 Å². The summed E-state index contributed by atoms with van der Waals surface area (Å²) in [4.78, 5) is 6.56. The van der Waals surface area contributed by atoms with Gasteiger partial charge in [0.15, 0.2) is 0 Å². The van der Waals surface area contributed by atoms with Gasteiger partial charge in [0, 0.05) is 18.3 Å². The number of aliphatic hydroxyl groups is 1. The molecule has 3 heterocycles. The van der Waals surface area contributed by atoms with Gasteiger partial charge in [-0.25, -0.2) is 0 Å². The summed E-state index contributed by atoms with van der Waals surface area (Å²) < 4.78 is 5.56. The van der Waals surface area contributed by atoms with E-state index in [0.717, 1.165) is 0 Å². The zero-order valence-corrected chi connectivity index (χ0v) is 10.9. The molecule has 1 aromatic heterocycles. The molecule has 100 valence electrons. The van der Waals surface area contributed by atoms with E-state index in [-0.39, 0.29) is 12.1 Å². The molecule has 0 spiro atoms. The van der Waals surface area contributed by atoms with Gasteiger partial charge < -0.3 is 9.84 Å². The number of ether oxygens (including phenoxy) is 1. The third-order valence-corrected chi connectivity index (χ3v) is 4.29. The maximum atomic E-state index is 10.9. The highest BCUT2D eigenvalue weighted by Gasteiger charge is 2.46. The van der Waals surface area contributed by atoms with Crippen molar-refractivity contribution in [3.63, 3.8) is 0 Å². The molecule has 2 bridgehead atoms. The predicted molar refractivity (Wildman–Crippen MR) is 68.2 cm³/mol. The normalized spacial score (nSPS) is 34.8. The van der Waals surface area contributed by atoms with E-state index in [2.05, 4.69) is 16.9 Å². The second-order valence-electron chi connectivity index (χ2n) is 5.49. The summed E-state index contributed by atoms with van der Waals surface area (Å²) >= 11 is 0. The van der Waals surface area contributed by atoms with Crippen molar-refractivity contribution in [2.24, 2.45) is 0 Å². The van der Waals surface area contributed by atoms with E-state index in [1.807, 2.05) is 6.07 Å². The highest BCUT2D eigenvalue weighted by Crippen LogP contribution is 2.39. The fourth-order valence-corrected chi connectivity index (χ4v) is 3.09. The number of pyridine rings is 1. The molecule has 5 heteroatoms. The zero-order chi connectivity index (χ0) is 13.5. The molecular formula is C14H17N3O2. The Bertz CT molecular complexity index is 494. The van der Waals surface area contributed by atoms with Crippen LogP contribution < -0.4 is 0 Å². The largest absolute Gasteiger partial charge is 0.383 e. The molecule has 5 nitrogen and oxygen atoms in total. The van der Waals surface area contributed by atoms with Gasteiger partial charge >= 0.3 is 0 Å². The summed E-state index contributed by atoms with van der Waals surface area (Å²) in [5.74, 6) is 0. The topological polar surface area (TPSA) is 69.4 Å². The van der Waals surface area contributed by atoms with Crippen LogP contribution in [0.1, 0.15) is 24.1 Å². The van der Waals surface area contributed by atoms with E-state index in [9.17, 15) is 5.11 Å². The highest BCUT2D eigenvalue weighted by molar-refractivity contribution is 5.28. The lowest BCUT2D eigenvalue weighted by atomic mass is 9.79. The highest BCUT2D eigenvalue weighted by atomic mass is 16.5. The SMILES string of the molecule is CN1C2COCC1CC(O)(c1ccc(C#N)cn1)C2. The number of nitriles is 1. The zero-order valence-electron chi connectivity index (χ0n) is 10.9. The molecule has 1 aromatic rings. The molecule has 0 amide bonds. The van der Waals surface area contributed by atoms with Gasteiger partial charge in [-0.15, -0.1) is 0 Å². The van der Waals surface area contributed by atoms with E-state index in [1.54, 1.807) is 12.1 Å². The lowest BCUT2D eigenvalue weighted by molar-refractivity contribution is -0.139. The Morgan fingerprint density at radius 2 is 2.11 bits per heavy atom. The van der Waals surface area contributed by atoms with Gasteiger partial charge in [0.1, 0.15) is 11.7 Å². The molecule has 0 aliphatic carbocycles. The number of piperidine rings is 1. The minimum Gasteiger partial charge on any atom is -0.383 e. The van der Waals surface area contributed by atoms with Gasteiger partial charge in [-0.2, -0.15) is 5.26 Å². The van der Waals surface area contributed by atoms with Crippen LogP contribution in [0.25, 0.3) is 0 Å². The Balaban J connectivity index is 1.88. The van der Waals surface area contributed by atoms with Crippen LogP contribution in [0.15, 0.2) is 18.3 Å². The number of hydrogen-bond acceptors (Lipinski definition) is 5. The van der Waals surface area contributed by atoms with E-state index >= 15 is 0 Å². The summed E-state index contributed by atoms with van der Waals surface area (Å²) in [5, 5.41) is 19.7. The standard InChI is InChI=1S/C14H17N3O2/c1-17-11-4-14(18,5-12(17)9-19-8-11)13-3-2-10(6-15)7-16-13/h2-3,7,11-12,18H,4-5,8-9H2,1H3. The second-order valence-corrected chi connectivity index (χ2v) is 5.49. The first-order chi connectivity index (χ1) is 9.12. The average Bonchev–Trinajstić information content (AvgIpc) is 2.41. The number of rotatable bonds is 1. The summed E-state index contributed by atoms with van der Waals surface area (Å²) in [7, 11) is 2.09. The molecule has 2 atom stereocenters. The fourth-order valence-electron chi connectivity index (χ4n) is 3.09. The number of hydrogen-bond donors (Lipinski definition) is 1. The number of nitrogens with zero attached hydrogens (tertiary/aromatic N) is 3. The summed E-state index contributed by atoms with van der Waals surface area (Å²) in [6.45, 7) is 1.32. The third-order valence-electron chi connectivity index (χ3n) is 4.29. The van der Waals surface area contributed by atoms with E-state index in [4.69, 9.17) is 10.00 Å². The van der Waals surface area contributed by atoms with Gasteiger partial charge in [-0.1, -0.05) is 0 Å². The van der Waals surface area contributed by atoms with Crippen molar-refractivity contribution in [2.45, 2.75) is 30.5 Å². The van der Waals surface area contributed by atoms with Crippen molar-refractivity contribution < 1.29 is 9.84 Å². The molecule has 0 aromatic carbocycles. The number of likely N-dealkylation sites (N-methyl/N-ethyl adjacent to an activating group) is 1. The molecule has 0 radical (unpaired) electrons. The number of aromatic nitrogens is 1. The van der Waals surface area contributed by atoms with E-state index in [1.165, 1.54) is 6.20 Å². The summed E-state index contributed by atoms with van der Waals surface area (Å²) in [5.41, 5.74) is 0.278. The first-order valence-corrected chi connectivity index (χ1v) is 6.51. The van der Waals surface area contributed by atoms with Gasteiger partial charge in [-0.3, -0.25) is 9.88 Å². The Morgan fingerprint density at radius 1 is 1.42 bits per heavy atom. The molecular weight excluding hydrogens is 242 g/mol. The van der Waals surface area contributed by atoms with Crippen LogP contribution in [0.4, 0.5) is 0 Å². The van der Waals surface area contributed by atoms with Gasteiger partial charge in [0.05, 0.1) is 24.5 Å². The van der Waals surface area contributed by atoms with Crippen LogP contribution in [0.5, 0.6) is 0 Å². The molecule has 0 saturated carbocycles. The van der Waals surface area contributed by atoms with Crippen molar-refractivity contribution in [1.29, 1.82) is 5.26 Å². The molecule has 3 rings (SSSR count).